The molecule has 0 aromatic heterocycles. The van der Waals surface area contributed by atoms with Crippen molar-refractivity contribution in [3.05, 3.63) is 32.9 Å². The zero-order valence-corrected chi connectivity index (χ0v) is 10.1. The molecule has 1 heterocycles. The average molecular weight is 342 g/mol. The van der Waals surface area contributed by atoms with E-state index in [0.717, 1.165) is 13.0 Å². The second-order valence-corrected chi connectivity index (χ2v) is 6.15. The molecule has 0 fully saturated rings. The van der Waals surface area contributed by atoms with E-state index < -0.39 is 49.8 Å². The molecule has 0 unspecified atom stereocenters. The van der Waals surface area contributed by atoms with Crippen molar-refractivity contribution in [2.45, 2.75) is 6.92 Å². The van der Waals surface area contributed by atoms with Crippen molar-refractivity contribution >= 4 is 32.6 Å². The Balaban J connectivity index is 2.48. The van der Waals surface area contributed by atoms with Crippen molar-refractivity contribution in [3.63, 3.8) is 0 Å². The monoisotopic (exact) mass is 342 g/mol. The summed E-state index contributed by atoms with van der Waals surface area (Å²) in [6.07, 6.45) is 0. The number of hydrogen-bond donors (Lipinski definition) is 0. The van der Waals surface area contributed by atoms with Gasteiger partial charge in [0.15, 0.2) is 0 Å². The Kier molecular flexibility index (Phi) is 2.78. The van der Waals surface area contributed by atoms with Gasteiger partial charge in [-0.05, 0) is 0 Å². The standard InChI is InChI=1S/C9H5F2IO4/c1-4(13)15-12-6-3-2-5(10)8(11)7(6)9(14)16-12/h2-3H,1H3. The fraction of sp³-hybridized carbons (Fsp3) is 0.111. The molecule has 0 bridgehead atoms. The van der Waals surface area contributed by atoms with Gasteiger partial charge in [0.2, 0.25) is 0 Å². The maximum absolute atomic E-state index is 13.3. The summed E-state index contributed by atoms with van der Waals surface area (Å²) in [5.74, 6) is -3.97. The molecule has 16 heavy (non-hydrogen) atoms. The predicted molar refractivity (Wildman–Crippen MR) is 56.3 cm³/mol. The number of benzene rings is 1. The summed E-state index contributed by atoms with van der Waals surface area (Å²) in [6.45, 7) is 1.16. The maximum atomic E-state index is 13.3. The number of fused-ring (bicyclic) bond motifs is 1. The molecule has 0 spiro atoms. The summed E-state index contributed by atoms with van der Waals surface area (Å²) in [4.78, 5) is 22.0. The summed E-state index contributed by atoms with van der Waals surface area (Å²) in [7, 11) is 0. The SMILES string of the molecule is CC(=O)OI1OC(=O)c2c1ccc(F)c2F. The molecule has 0 radical (unpaired) electrons. The molecule has 1 aromatic rings. The number of hydrogen-bond acceptors (Lipinski definition) is 4. The molecule has 4 nitrogen and oxygen atoms in total. The third-order valence-corrected chi connectivity index (χ3v) is 5.40. The van der Waals surface area contributed by atoms with E-state index in [-0.39, 0.29) is 3.57 Å². The van der Waals surface area contributed by atoms with E-state index in [9.17, 15) is 18.4 Å². The molecule has 86 valence electrons. The predicted octanol–water partition coefficient (Wildman–Crippen LogP) is 2.20. The molecule has 2 rings (SSSR count). The summed E-state index contributed by atoms with van der Waals surface area (Å²) < 4.78 is 35.8. The number of rotatable bonds is 1. The molecule has 0 saturated carbocycles. The summed E-state index contributed by atoms with van der Waals surface area (Å²) in [5, 5.41) is 0. The first-order valence-electron chi connectivity index (χ1n) is 4.10. The van der Waals surface area contributed by atoms with Gasteiger partial charge >= 0.3 is 96.9 Å². The van der Waals surface area contributed by atoms with E-state index in [0.29, 0.717) is 0 Å². The normalized spacial score (nSPS) is 15.7. The van der Waals surface area contributed by atoms with Crippen LogP contribution in [0.3, 0.4) is 0 Å². The van der Waals surface area contributed by atoms with Crippen LogP contribution >= 0.6 is 20.6 Å². The molecule has 1 aliphatic heterocycles. The zero-order valence-electron chi connectivity index (χ0n) is 7.92. The van der Waals surface area contributed by atoms with Gasteiger partial charge < -0.3 is 0 Å². The van der Waals surface area contributed by atoms with Crippen molar-refractivity contribution in [2.75, 3.05) is 0 Å². The van der Waals surface area contributed by atoms with E-state index >= 15 is 0 Å². The fourth-order valence-electron chi connectivity index (χ4n) is 1.14. The fourth-order valence-corrected chi connectivity index (χ4v) is 4.22. The molecule has 0 aliphatic carbocycles. The van der Waals surface area contributed by atoms with Crippen LogP contribution < -0.4 is 0 Å². The van der Waals surface area contributed by atoms with Crippen LogP contribution in [0.15, 0.2) is 12.1 Å². The second-order valence-electron chi connectivity index (χ2n) is 2.87. The second kappa shape index (κ2) is 3.96. The third-order valence-electron chi connectivity index (χ3n) is 1.73. The van der Waals surface area contributed by atoms with Crippen LogP contribution in [0.5, 0.6) is 0 Å². The van der Waals surface area contributed by atoms with Crippen LogP contribution in [0.4, 0.5) is 8.78 Å². The van der Waals surface area contributed by atoms with Crippen LogP contribution in [0.2, 0.25) is 0 Å². The first-order chi connectivity index (χ1) is 7.50. The van der Waals surface area contributed by atoms with Gasteiger partial charge in [0, 0.05) is 0 Å². The minimum absolute atomic E-state index is 0.170. The van der Waals surface area contributed by atoms with E-state index in [2.05, 4.69) is 0 Å². The molecular formula is C9H5F2IO4. The van der Waals surface area contributed by atoms with Crippen molar-refractivity contribution < 1.29 is 24.5 Å². The number of carbonyl (C=O) groups excluding carboxylic acids is 2. The summed E-state index contributed by atoms with van der Waals surface area (Å²) >= 11 is -2.93. The van der Waals surface area contributed by atoms with Gasteiger partial charge in [-0.3, -0.25) is 0 Å². The van der Waals surface area contributed by atoms with Crippen LogP contribution in [0.25, 0.3) is 0 Å². The van der Waals surface area contributed by atoms with Gasteiger partial charge in [-0.2, -0.15) is 0 Å². The topological polar surface area (TPSA) is 52.6 Å². The summed E-state index contributed by atoms with van der Waals surface area (Å²) in [5.41, 5.74) is -0.452. The van der Waals surface area contributed by atoms with Gasteiger partial charge in [-0.1, -0.05) is 0 Å². The zero-order chi connectivity index (χ0) is 11.9. The van der Waals surface area contributed by atoms with Crippen molar-refractivity contribution in [3.8, 4) is 0 Å². The summed E-state index contributed by atoms with van der Waals surface area (Å²) in [6, 6.07) is 2.09. The molecule has 0 saturated heterocycles. The van der Waals surface area contributed by atoms with E-state index in [1.54, 1.807) is 0 Å². The van der Waals surface area contributed by atoms with Gasteiger partial charge in [-0.25, -0.2) is 0 Å². The molecule has 1 aliphatic rings. The first kappa shape index (κ1) is 11.2. The van der Waals surface area contributed by atoms with Crippen molar-refractivity contribution in [1.82, 2.24) is 0 Å². The Morgan fingerprint density at radius 3 is 2.75 bits per heavy atom. The van der Waals surface area contributed by atoms with Crippen molar-refractivity contribution in [1.29, 1.82) is 0 Å². The molecule has 0 N–H and O–H groups in total. The van der Waals surface area contributed by atoms with Crippen LogP contribution in [0, 0.1) is 15.2 Å². The molecular weight excluding hydrogens is 337 g/mol. The van der Waals surface area contributed by atoms with Crippen molar-refractivity contribution in [2.24, 2.45) is 0 Å². The third kappa shape index (κ3) is 1.75. The Hall–Kier alpha value is -1.25. The Bertz CT molecular complexity index is 489. The Labute approximate surface area is 97.0 Å². The van der Waals surface area contributed by atoms with Crippen LogP contribution in [0.1, 0.15) is 17.3 Å². The Morgan fingerprint density at radius 1 is 1.44 bits per heavy atom. The van der Waals surface area contributed by atoms with E-state index in [1.807, 2.05) is 0 Å². The Morgan fingerprint density at radius 2 is 2.12 bits per heavy atom. The van der Waals surface area contributed by atoms with E-state index in [4.69, 9.17) is 6.13 Å². The van der Waals surface area contributed by atoms with Crippen LogP contribution in [-0.4, -0.2) is 11.9 Å². The molecule has 0 atom stereocenters. The molecule has 1 aromatic carbocycles. The van der Waals surface area contributed by atoms with Gasteiger partial charge in [0.25, 0.3) is 0 Å². The minimum atomic E-state index is -2.93. The molecule has 0 amide bonds. The van der Waals surface area contributed by atoms with Gasteiger partial charge in [-0.15, -0.1) is 0 Å². The van der Waals surface area contributed by atoms with Gasteiger partial charge in [0.05, 0.1) is 0 Å². The van der Waals surface area contributed by atoms with Gasteiger partial charge in [0.1, 0.15) is 0 Å². The van der Waals surface area contributed by atoms with E-state index in [1.165, 1.54) is 6.07 Å². The van der Waals surface area contributed by atoms with Crippen LogP contribution in [-0.2, 0) is 10.9 Å². The average Bonchev–Trinajstić information content (AvgIpc) is 2.49. The number of halogens is 3. The number of carbonyl (C=O) groups is 2. The molecule has 7 heteroatoms. The first-order valence-corrected chi connectivity index (χ1v) is 6.94. The quantitative estimate of drug-likeness (QED) is 0.580.